The van der Waals surface area contributed by atoms with Gasteiger partial charge in [0.05, 0.1) is 19.6 Å². The van der Waals surface area contributed by atoms with Gasteiger partial charge in [0.15, 0.2) is 0 Å². The molecule has 1 amide bonds. The van der Waals surface area contributed by atoms with Crippen LogP contribution < -0.4 is 10.1 Å². The summed E-state index contributed by atoms with van der Waals surface area (Å²) >= 11 is 6.11. The summed E-state index contributed by atoms with van der Waals surface area (Å²) in [6.45, 7) is 0.517. The molecule has 1 N–H and O–H groups in total. The molecule has 2 aromatic carbocycles. The van der Waals surface area contributed by atoms with E-state index in [-0.39, 0.29) is 18.4 Å². The summed E-state index contributed by atoms with van der Waals surface area (Å²) in [5.74, 6) is 0.764. The molecule has 5 heteroatoms. The Morgan fingerprint density at radius 1 is 1.21 bits per heavy atom. The van der Waals surface area contributed by atoms with Gasteiger partial charge < -0.3 is 15.0 Å². The van der Waals surface area contributed by atoms with Crippen LogP contribution in [0, 0.1) is 0 Å². The Bertz CT molecular complexity index is 689. The van der Waals surface area contributed by atoms with Crippen LogP contribution >= 0.6 is 11.6 Å². The van der Waals surface area contributed by atoms with Gasteiger partial charge in [-0.15, -0.1) is 0 Å². The predicted octanol–water partition coefficient (Wildman–Crippen LogP) is 3.31. The van der Waals surface area contributed by atoms with E-state index in [0.717, 1.165) is 16.9 Å². The molecule has 2 rings (SSSR count). The van der Waals surface area contributed by atoms with E-state index in [0.29, 0.717) is 11.6 Å². The van der Waals surface area contributed by atoms with Crippen LogP contribution in [-0.2, 0) is 11.2 Å². The summed E-state index contributed by atoms with van der Waals surface area (Å²) in [5, 5.41) is 3.61. The number of carbonyl (C=O) groups excluding carboxylic acids is 1. The van der Waals surface area contributed by atoms with E-state index >= 15 is 0 Å². The molecular weight excluding hydrogens is 324 g/mol. The summed E-state index contributed by atoms with van der Waals surface area (Å²) in [4.78, 5) is 14.3. The third-order valence-electron chi connectivity index (χ3n) is 3.90. The van der Waals surface area contributed by atoms with Crippen LogP contribution in [0.4, 0.5) is 0 Å². The zero-order chi connectivity index (χ0) is 17.5. The van der Waals surface area contributed by atoms with Crippen LogP contribution in [0.5, 0.6) is 5.75 Å². The number of hydrogen-bond acceptors (Lipinski definition) is 3. The molecule has 0 fully saturated rings. The lowest BCUT2D eigenvalue weighted by molar-refractivity contribution is -0.120. The Hall–Kier alpha value is -2.04. The average Bonchev–Trinajstić information content (AvgIpc) is 2.57. The number of nitrogens with zero attached hydrogens (tertiary/aromatic N) is 1. The second kappa shape index (κ2) is 8.71. The number of likely N-dealkylation sites (N-methyl/N-ethyl adjacent to an activating group) is 1. The molecule has 0 aliphatic heterocycles. The lowest BCUT2D eigenvalue weighted by Gasteiger charge is -2.25. The third-order valence-corrected chi connectivity index (χ3v) is 4.27. The Labute approximate surface area is 148 Å². The van der Waals surface area contributed by atoms with Crippen molar-refractivity contribution in [1.82, 2.24) is 10.2 Å². The van der Waals surface area contributed by atoms with Crippen LogP contribution in [0.15, 0.2) is 48.5 Å². The second-order valence-corrected chi connectivity index (χ2v) is 6.24. The summed E-state index contributed by atoms with van der Waals surface area (Å²) in [6.07, 6.45) is 0.276. The number of benzene rings is 2. The van der Waals surface area contributed by atoms with Crippen molar-refractivity contribution < 1.29 is 9.53 Å². The predicted molar refractivity (Wildman–Crippen MR) is 97.6 cm³/mol. The van der Waals surface area contributed by atoms with E-state index in [1.165, 1.54) is 0 Å². The molecule has 24 heavy (non-hydrogen) atoms. The maximum absolute atomic E-state index is 12.2. The lowest BCUT2D eigenvalue weighted by atomic mass is 10.1. The van der Waals surface area contributed by atoms with Crippen molar-refractivity contribution in [2.24, 2.45) is 0 Å². The van der Waals surface area contributed by atoms with Crippen molar-refractivity contribution in [3.8, 4) is 5.75 Å². The van der Waals surface area contributed by atoms with Crippen molar-refractivity contribution >= 4 is 17.5 Å². The molecule has 0 bridgehead atoms. The van der Waals surface area contributed by atoms with Gasteiger partial charge in [0.2, 0.25) is 5.91 Å². The molecule has 0 heterocycles. The summed E-state index contributed by atoms with van der Waals surface area (Å²) in [5.41, 5.74) is 1.93. The molecule has 0 saturated carbocycles. The van der Waals surface area contributed by atoms with Gasteiger partial charge in [-0.1, -0.05) is 41.9 Å². The molecular formula is C19H23ClN2O2. The molecule has 2 aromatic rings. The van der Waals surface area contributed by atoms with Gasteiger partial charge >= 0.3 is 0 Å². The standard InChI is InChI=1S/C19H23ClN2O2/c1-22(2)18(15-8-6-9-16(11-15)24-3)13-21-19(23)12-14-7-4-5-10-17(14)20/h4-11,18H,12-13H2,1-3H3,(H,21,23). The minimum Gasteiger partial charge on any atom is -0.497 e. The van der Waals surface area contributed by atoms with E-state index in [1.807, 2.05) is 56.6 Å². The van der Waals surface area contributed by atoms with Crippen molar-refractivity contribution in [3.63, 3.8) is 0 Å². The number of nitrogens with one attached hydrogen (secondary N) is 1. The minimum absolute atomic E-state index is 0.0437. The van der Waals surface area contributed by atoms with E-state index < -0.39 is 0 Å². The van der Waals surface area contributed by atoms with Crippen LogP contribution in [0.3, 0.4) is 0 Å². The molecule has 0 aromatic heterocycles. The SMILES string of the molecule is COc1cccc(C(CNC(=O)Cc2ccccc2Cl)N(C)C)c1. The molecule has 1 unspecified atom stereocenters. The first-order valence-corrected chi connectivity index (χ1v) is 8.19. The second-order valence-electron chi connectivity index (χ2n) is 5.83. The lowest BCUT2D eigenvalue weighted by Crippen LogP contribution is -2.35. The highest BCUT2D eigenvalue weighted by molar-refractivity contribution is 6.31. The van der Waals surface area contributed by atoms with Crippen molar-refractivity contribution in [2.45, 2.75) is 12.5 Å². The number of carbonyl (C=O) groups is 1. The summed E-state index contributed by atoms with van der Waals surface area (Å²) in [7, 11) is 5.63. The van der Waals surface area contributed by atoms with E-state index in [4.69, 9.17) is 16.3 Å². The van der Waals surface area contributed by atoms with Gasteiger partial charge in [-0.05, 0) is 43.4 Å². The zero-order valence-corrected chi connectivity index (χ0v) is 15.0. The number of amides is 1. The van der Waals surface area contributed by atoms with Crippen LogP contribution in [0.2, 0.25) is 5.02 Å². The number of ether oxygens (including phenoxy) is 1. The monoisotopic (exact) mass is 346 g/mol. The highest BCUT2D eigenvalue weighted by atomic mass is 35.5. The Balaban J connectivity index is 2.01. The van der Waals surface area contributed by atoms with Gasteiger partial charge in [0, 0.05) is 11.6 Å². The van der Waals surface area contributed by atoms with Crippen molar-refractivity contribution in [3.05, 3.63) is 64.7 Å². The molecule has 0 radical (unpaired) electrons. The van der Waals surface area contributed by atoms with Gasteiger partial charge in [-0.3, -0.25) is 4.79 Å². The molecule has 128 valence electrons. The smallest absolute Gasteiger partial charge is 0.224 e. The Morgan fingerprint density at radius 2 is 1.96 bits per heavy atom. The van der Waals surface area contributed by atoms with E-state index in [2.05, 4.69) is 10.2 Å². The first-order valence-electron chi connectivity index (χ1n) is 7.81. The molecule has 4 nitrogen and oxygen atoms in total. The van der Waals surface area contributed by atoms with Crippen LogP contribution in [-0.4, -0.2) is 38.6 Å². The van der Waals surface area contributed by atoms with E-state index in [9.17, 15) is 4.79 Å². The zero-order valence-electron chi connectivity index (χ0n) is 14.3. The van der Waals surface area contributed by atoms with Crippen LogP contribution in [0.1, 0.15) is 17.2 Å². The quantitative estimate of drug-likeness (QED) is 0.836. The fraction of sp³-hybridized carbons (Fsp3) is 0.316. The maximum atomic E-state index is 12.2. The largest absolute Gasteiger partial charge is 0.497 e. The summed E-state index contributed by atoms with van der Waals surface area (Å²) < 4.78 is 5.28. The van der Waals surface area contributed by atoms with Crippen LogP contribution in [0.25, 0.3) is 0 Å². The molecule has 1 atom stereocenters. The first kappa shape index (κ1) is 18.3. The minimum atomic E-state index is -0.0437. The molecule has 0 aliphatic rings. The van der Waals surface area contributed by atoms with Gasteiger partial charge in [-0.25, -0.2) is 0 Å². The number of methoxy groups -OCH3 is 1. The van der Waals surface area contributed by atoms with Gasteiger partial charge in [0.1, 0.15) is 5.75 Å². The topological polar surface area (TPSA) is 41.6 Å². The maximum Gasteiger partial charge on any atom is 0.224 e. The highest BCUT2D eigenvalue weighted by Gasteiger charge is 2.16. The fourth-order valence-electron chi connectivity index (χ4n) is 2.54. The number of halogens is 1. The summed E-state index contributed by atoms with van der Waals surface area (Å²) in [6, 6.07) is 15.4. The fourth-order valence-corrected chi connectivity index (χ4v) is 2.74. The average molecular weight is 347 g/mol. The van der Waals surface area contributed by atoms with Gasteiger partial charge in [-0.2, -0.15) is 0 Å². The Kier molecular flexibility index (Phi) is 6.64. The van der Waals surface area contributed by atoms with E-state index in [1.54, 1.807) is 13.2 Å². The number of hydrogen-bond donors (Lipinski definition) is 1. The highest BCUT2D eigenvalue weighted by Crippen LogP contribution is 2.22. The van der Waals surface area contributed by atoms with Crippen molar-refractivity contribution in [2.75, 3.05) is 27.7 Å². The molecule has 0 spiro atoms. The normalized spacial score (nSPS) is 12.0. The first-order chi connectivity index (χ1) is 11.5. The van der Waals surface area contributed by atoms with Gasteiger partial charge in [0.25, 0.3) is 0 Å². The Morgan fingerprint density at radius 3 is 2.62 bits per heavy atom. The molecule has 0 saturated heterocycles. The third kappa shape index (κ3) is 4.98. The van der Waals surface area contributed by atoms with Crippen molar-refractivity contribution in [1.29, 1.82) is 0 Å². The number of rotatable bonds is 7. The molecule has 0 aliphatic carbocycles.